The number of fused-ring (bicyclic) bond motifs is 1. The maximum absolute atomic E-state index is 13.9. The van der Waals surface area contributed by atoms with Gasteiger partial charge < -0.3 is 10.1 Å². The molecular formula is C21H21FN2O2. The molecule has 0 saturated carbocycles. The van der Waals surface area contributed by atoms with Gasteiger partial charge >= 0.3 is 0 Å². The van der Waals surface area contributed by atoms with Gasteiger partial charge in [0.2, 0.25) is 0 Å². The van der Waals surface area contributed by atoms with Gasteiger partial charge in [-0.15, -0.1) is 0 Å². The van der Waals surface area contributed by atoms with Crippen molar-refractivity contribution in [1.29, 1.82) is 0 Å². The summed E-state index contributed by atoms with van der Waals surface area (Å²) in [6.45, 7) is 3.49. The summed E-state index contributed by atoms with van der Waals surface area (Å²) >= 11 is 0. The van der Waals surface area contributed by atoms with E-state index >= 15 is 0 Å². The first-order valence-corrected chi connectivity index (χ1v) is 8.39. The van der Waals surface area contributed by atoms with Crippen LogP contribution in [0.4, 0.5) is 10.1 Å². The molecule has 3 aromatic rings. The number of aromatic nitrogens is 1. The number of carbonyl (C=O) groups excluding carboxylic acids is 1. The van der Waals surface area contributed by atoms with E-state index in [2.05, 4.69) is 10.3 Å². The zero-order valence-electron chi connectivity index (χ0n) is 15.0. The fourth-order valence-electron chi connectivity index (χ4n) is 2.87. The Hall–Kier alpha value is -2.79. The Morgan fingerprint density at radius 3 is 2.62 bits per heavy atom. The fraction of sp³-hybridized carbons (Fsp3) is 0.238. The van der Waals surface area contributed by atoms with E-state index in [1.165, 1.54) is 13.2 Å². The molecule has 1 aromatic heterocycles. The lowest BCUT2D eigenvalue weighted by atomic mass is 9.95. The Morgan fingerprint density at radius 2 is 1.92 bits per heavy atom. The molecule has 0 aliphatic carbocycles. The highest BCUT2D eigenvalue weighted by Gasteiger charge is 2.33. The number of rotatable bonds is 5. The van der Waals surface area contributed by atoms with E-state index in [1.54, 1.807) is 32.0 Å². The molecule has 0 bridgehead atoms. The summed E-state index contributed by atoms with van der Waals surface area (Å²) in [6.07, 6.45) is 0.435. The molecule has 0 aliphatic heterocycles. The molecule has 0 fully saturated rings. The number of para-hydroxylation sites is 1. The maximum Gasteiger partial charge on any atom is 0.256 e. The van der Waals surface area contributed by atoms with Gasteiger partial charge in [-0.05, 0) is 31.5 Å². The van der Waals surface area contributed by atoms with E-state index in [-0.39, 0.29) is 11.7 Å². The van der Waals surface area contributed by atoms with Gasteiger partial charge in [-0.25, -0.2) is 9.37 Å². The van der Waals surface area contributed by atoms with Crippen LogP contribution in [0.1, 0.15) is 18.2 Å². The van der Waals surface area contributed by atoms with Gasteiger partial charge in [0.05, 0.1) is 11.4 Å². The molecular weight excluding hydrogens is 331 g/mol. The Morgan fingerprint density at radius 1 is 1.19 bits per heavy atom. The minimum Gasteiger partial charge on any atom is -0.368 e. The first-order chi connectivity index (χ1) is 12.4. The Bertz CT molecular complexity index is 943. The van der Waals surface area contributed by atoms with Crippen molar-refractivity contribution < 1.29 is 13.9 Å². The largest absolute Gasteiger partial charge is 0.368 e. The van der Waals surface area contributed by atoms with Crippen molar-refractivity contribution in [2.75, 3.05) is 12.4 Å². The smallest absolute Gasteiger partial charge is 0.256 e. The number of halogens is 1. The summed E-state index contributed by atoms with van der Waals surface area (Å²) in [4.78, 5) is 17.2. The van der Waals surface area contributed by atoms with Crippen LogP contribution in [-0.4, -0.2) is 23.6 Å². The fourth-order valence-corrected chi connectivity index (χ4v) is 2.87. The molecule has 0 saturated heterocycles. The SMILES string of the molecule is COC(C)(Cc1ccccc1)C(=O)Nc1cc2cccc(F)c2nc1C. The van der Waals surface area contributed by atoms with E-state index in [9.17, 15) is 9.18 Å². The minimum atomic E-state index is -1.04. The van der Waals surface area contributed by atoms with Crippen molar-refractivity contribution in [1.82, 2.24) is 4.98 Å². The molecule has 134 valence electrons. The number of anilines is 1. The third kappa shape index (κ3) is 3.58. The lowest BCUT2D eigenvalue weighted by Gasteiger charge is -2.27. The van der Waals surface area contributed by atoms with Crippen LogP contribution in [0.2, 0.25) is 0 Å². The highest BCUT2D eigenvalue weighted by atomic mass is 19.1. The monoisotopic (exact) mass is 352 g/mol. The number of pyridine rings is 1. The quantitative estimate of drug-likeness (QED) is 0.746. The van der Waals surface area contributed by atoms with Gasteiger partial charge in [0.25, 0.3) is 5.91 Å². The first-order valence-electron chi connectivity index (χ1n) is 8.39. The van der Waals surface area contributed by atoms with Gasteiger partial charge in [0, 0.05) is 18.9 Å². The third-order valence-electron chi connectivity index (χ3n) is 4.55. The topological polar surface area (TPSA) is 51.2 Å². The van der Waals surface area contributed by atoms with Crippen LogP contribution < -0.4 is 5.32 Å². The van der Waals surface area contributed by atoms with Crippen LogP contribution in [0.3, 0.4) is 0 Å². The number of benzene rings is 2. The Kier molecular flexibility index (Phi) is 5.00. The van der Waals surface area contributed by atoms with Gasteiger partial charge in [-0.1, -0.05) is 42.5 Å². The molecule has 0 spiro atoms. The molecule has 0 aliphatic rings. The standard InChI is InChI=1S/C21H21FN2O2/c1-14-18(12-16-10-7-11-17(22)19(16)23-14)24-20(25)21(2,26-3)13-15-8-5-4-6-9-15/h4-12H,13H2,1-3H3,(H,24,25). The first kappa shape index (κ1) is 18.0. The minimum absolute atomic E-state index is 0.274. The van der Waals surface area contributed by atoms with Crippen molar-refractivity contribution in [2.24, 2.45) is 0 Å². The lowest BCUT2D eigenvalue weighted by Crippen LogP contribution is -2.44. The third-order valence-corrected chi connectivity index (χ3v) is 4.55. The number of ether oxygens (including phenoxy) is 1. The number of hydrogen-bond donors (Lipinski definition) is 1. The molecule has 2 aromatic carbocycles. The van der Waals surface area contributed by atoms with Crippen LogP contribution in [-0.2, 0) is 16.0 Å². The van der Waals surface area contributed by atoms with Gasteiger partial charge in [0.1, 0.15) is 16.9 Å². The highest BCUT2D eigenvalue weighted by molar-refractivity contribution is 5.99. The number of amides is 1. The summed E-state index contributed by atoms with van der Waals surface area (Å²) in [6, 6.07) is 16.2. The molecule has 5 heteroatoms. The number of carbonyl (C=O) groups is 1. The summed E-state index contributed by atoms with van der Waals surface area (Å²) in [7, 11) is 1.52. The number of hydrogen-bond acceptors (Lipinski definition) is 3. The number of methoxy groups -OCH3 is 1. The van der Waals surface area contributed by atoms with E-state index in [1.807, 2.05) is 30.3 Å². The molecule has 0 radical (unpaired) electrons. The van der Waals surface area contributed by atoms with Crippen LogP contribution in [0.15, 0.2) is 54.6 Å². The molecule has 1 N–H and O–H groups in total. The predicted molar refractivity (Wildman–Crippen MR) is 101 cm³/mol. The highest BCUT2D eigenvalue weighted by Crippen LogP contribution is 2.25. The average Bonchev–Trinajstić information content (AvgIpc) is 2.64. The molecule has 1 atom stereocenters. The molecule has 1 amide bonds. The second-order valence-corrected chi connectivity index (χ2v) is 6.48. The van der Waals surface area contributed by atoms with Crippen LogP contribution in [0, 0.1) is 12.7 Å². The zero-order chi connectivity index (χ0) is 18.7. The summed E-state index contributed by atoms with van der Waals surface area (Å²) in [5.41, 5.74) is 1.35. The summed E-state index contributed by atoms with van der Waals surface area (Å²) < 4.78 is 19.4. The van der Waals surface area contributed by atoms with Gasteiger partial charge in [0.15, 0.2) is 0 Å². The second-order valence-electron chi connectivity index (χ2n) is 6.48. The molecule has 26 heavy (non-hydrogen) atoms. The van der Waals surface area contributed by atoms with E-state index in [0.717, 1.165) is 5.56 Å². The van der Waals surface area contributed by atoms with Gasteiger partial charge in [-0.3, -0.25) is 4.79 Å². The Labute approximate surface area is 152 Å². The van der Waals surface area contributed by atoms with E-state index in [4.69, 9.17) is 4.74 Å². The summed E-state index contributed by atoms with van der Waals surface area (Å²) in [5, 5.41) is 3.52. The van der Waals surface area contributed by atoms with Gasteiger partial charge in [-0.2, -0.15) is 0 Å². The molecule has 4 nitrogen and oxygen atoms in total. The van der Waals surface area contributed by atoms with Crippen molar-refractivity contribution in [3.8, 4) is 0 Å². The van der Waals surface area contributed by atoms with Crippen LogP contribution in [0.5, 0.6) is 0 Å². The summed E-state index contributed by atoms with van der Waals surface area (Å²) in [5.74, 6) is -0.654. The van der Waals surface area contributed by atoms with Crippen LogP contribution >= 0.6 is 0 Å². The van der Waals surface area contributed by atoms with Crippen molar-refractivity contribution in [2.45, 2.75) is 25.9 Å². The predicted octanol–water partition coefficient (Wildman–Crippen LogP) is 4.27. The molecule has 1 unspecified atom stereocenters. The normalized spacial score (nSPS) is 13.4. The van der Waals surface area contributed by atoms with Crippen LogP contribution in [0.25, 0.3) is 10.9 Å². The zero-order valence-corrected chi connectivity index (χ0v) is 15.0. The second kappa shape index (κ2) is 7.22. The average molecular weight is 352 g/mol. The lowest BCUT2D eigenvalue weighted by molar-refractivity contribution is -0.135. The Balaban J connectivity index is 1.88. The van der Waals surface area contributed by atoms with Crippen molar-refractivity contribution in [3.05, 3.63) is 71.7 Å². The number of aryl methyl sites for hydroxylation is 1. The molecule has 1 heterocycles. The van der Waals surface area contributed by atoms with Crippen molar-refractivity contribution >= 4 is 22.5 Å². The maximum atomic E-state index is 13.9. The van der Waals surface area contributed by atoms with E-state index in [0.29, 0.717) is 28.7 Å². The van der Waals surface area contributed by atoms with Crippen molar-refractivity contribution in [3.63, 3.8) is 0 Å². The molecule has 3 rings (SSSR count). The number of nitrogens with zero attached hydrogens (tertiary/aromatic N) is 1. The number of nitrogens with one attached hydrogen (secondary N) is 1. The van der Waals surface area contributed by atoms with E-state index < -0.39 is 5.60 Å².